The Morgan fingerprint density at radius 3 is 2.14 bits per heavy atom. The van der Waals surface area contributed by atoms with E-state index in [4.69, 9.17) is 5.11 Å². The van der Waals surface area contributed by atoms with Crippen LogP contribution in [0, 0.1) is 0 Å². The van der Waals surface area contributed by atoms with Gasteiger partial charge in [0.25, 0.3) is 0 Å². The van der Waals surface area contributed by atoms with Crippen molar-refractivity contribution in [1.82, 2.24) is 5.32 Å². The maximum atomic E-state index is 11.2. The second-order valence-electron chi connectivity index (χ2n) is 4.83. The summed E-state index contributed by atoms with van der Waals surface area (Å²) >= 11 is 6.88. The number of aliphatic carboxylic acids is 1. The first-order valence-corrected chi connectivity index (χ1v) is 9.18. The molecule has 2 N–H and O–H groups in total. The van der Waals surface area contributed by atoms with Crippen molar-refractivity contribution in [2.75, 3.05) is 28.6 Å². The summed E-state index contributed by atoms with van der Waals surface area (Å²) in [5.41, 5.74) is 1.97. The van der Waals surface area contributed by atoms with Gasteiger partial charge in [-0.2, -0.15) is 0 Å². The van der Waals surface area contributed by atoms with Gasteiger partial charge in [0.05, 0.1) is 0 Å². The molecule has 7 heteroatoms. The van der Waals surface area contributed by atoms with E-state index in [1.807, 2.05) is 24.3 Å². The minimum absolute atomic E-state index is 0.270. The SMILES string of the molecule is CC(=O)NC(Cc1ccc(N(CCBr)CCBr)cc1)C(=O)O. The maximum Gasteiger partial charge on any atom is 0.326 e. The number of hydrogen-bond donors (Lipinski definition) is 2. The summed E-state index contributed by atoms with van der Waals surface area (Å²) in [5, 5.41) is 13.3. The van der Waals surface area contributed by atoms with Gasteiger partial charge in [0.2, 0.25) is 5.91 Å². The third-order valence-electron chi connectivity index (χ3n) is 3.13. The molecule has 1 aromatic rings. The molecule has 0 aromatic heterocycles. The van der Waals surface area contributed by atoms with Gasteiger partial charge in [0, 0.05) is 42.8 Å². The molecular formula is C15H20Br2N2O3. The Kier molecular flexibility index (Phi) is 8.48. The normalized spacial score (nSPS) is 11.8. The molecule has 0 bridgehead atoms. The van der Waals surface area contributed by atoms with Crippen molar-refractivity contribution in [1.29, 1.82) is 0 Å². The van der Waals surface area contributed by atoms with Crippen LogP contribution in [0.15, 0.2) is 24.3 Å². The second-order valence-corrected chi connectivity index (χ2v) is 6.41. The molecule has 22 heavy (non-hydrogen) atoms. The van der Waals surface area contributed by atoms with Crippen molar-refractivity contribution in [3.63, 3.8) is 0 Å². The number of rotatable bonds is 9. The van der Waals surface area contributed by atoms with Gasteiger partial charge in [-0.1, -0.05) is 44.0 Å². The maximum absolute atomic E-state index is 11.2. The fourth-order valence-corrected chi connectivity index (χ4v) is 2.95. The average Bonchev–Trinajstić information content (AvgIpc) is 2.46. The number of anilines is 1. The molecular weight excluding hydrogens is 416 g/mol. The van der Waals surface area contributed by atoms with Gasteiger partial charge in [-0.3, -0.25) is 4.79 Å². The number of carbonyl (C=O) groups excluding carboxylic acids is 1. The van der Waals surface area contributed by atoms with E-state index >= 15 is 0 Å². The Hall–Kier alpha value is -1.08. The molecule has 0 saturated heterocycles. The first kappa shape index (κ1) is 19.0. The van der Waals surface area contributed by atoms with Crippen molar-refractivity contribution < 1.29 is 14.7 Å². The lowest BCUT2D eigenvalue weighted by atomic mass is 10.1. The molecule has 1 atom stereocenters. The van der Waals surface area contributed by atoms with Crippen LogP contribution in [0.3, 0.4) is 0 Å². The summed E-state index contributed by atoms with van der Waals surface area (Å²) in [7, 11) is 0. The molecule has 1 rings (SSSR count). The van der Waals surface area contributed by atoms with E-state index < -0.39 is 12.0 Å². The van der Waals surface area contributed by atoms with E-state index in [-0.39, 0.29) is 12.3 Å². The van der Waals surface area contributed by atoms with Crippen LogP contribution in [0.2, 0.25) is 0 Å². The number of amides is 1. The molecule has 0 radical (unpaired) electrons. The lowest BCUT2D eigenvalue weighted by molar-refractivity contribution is -0.141. The number of carboxylic acids is 1. The van der Waals surface area contributed by atoms with Crippen molar-refractivity contribution >= 4 is 49.4 Å². The fourth-order valence-electron chi connectivity index (χ4n) is 2.10. The predicted octanol–water partition coefficient (Wildman–Crippen LogP) is 2.41. The van der Waals surface area contributed by atoms with Crippen LogP contribution in [0.5, 0.6) is 0 Å². The zero-order valence-electron chi connectivity index (χ0n) is 12.4. The van der Waals surface area contributed by atoms with E-state index in [0.717, 1.165) is 35.0 Å². The first-order valence-electron chi connectivity index (χ1n) is 6.93. The van der Waals surface area contributed by atoms with Crippen LogP contribution in [0.4, 0.5) is 5.69 Å². The van der Waals surface area contributed by atoms with Crippen LogP contribution < -0.4 is 10.2 Å². The highest BCUT2D eigenvalue weighted by Crippen LogP contribution is 2.17. The summed E-state index contributed by atoms with van der Waals surface area (Å²) in [5.74, 6) is -1.37. The molecule has 0 aliphatic carbocycles. The number of nitrogens with one attached hydrogen (secondary N) is 1. The van der Waals surface area contributed by atoms with Crippen molar-refractivity contribution in [3.8, 4) is 0 Å². The van der Waals surface area contributed by atoms with Crippen molar-refractivity contribution in [2.24, 2.45) is 0 Å². The van der Waals surface area contributed by atoms with E-state index in [2.05, 4.69) is 42.1 Å². The third kappa shape index (κ3) is 6.36. The monoisotopic (exact) mass is 434 g/mol. The number of nitrogens with zero attached hydrogens (tertiary/aromatic N) is 1. The first-order chi connectivity index (χ1) is 10.5. The van der Waals surface area contributed by atoms with Gasteiger partial charge in [0.1, 0.15) is 6.04 Å². The molecule has 122 valence electrons. The number of carbonyl (C=O) groups is 2. The van der Waals surface area contributed by atoms with E-state index in [9.17, 15) is 9.59 Å². The number of hydrogen-bond acceptors (Lipinski definition) is 3. The molecule has 0 fully saturated rings. The largest absolute Gasteiger partial charge is 0.480 e. The van der Waals surface area contributed by atoms with Gasteiger partial charge in [-0.05, 0) is 17.7 Å². The van der Waals surface area contributed by atoms with Gasteiger partial charge in [-0.15, -0.1) is 0 Å². The topological polar surface area (TPSA) is 69.6 Å². The highest BCUT2D eigenvalue weighted by atomic mass is 79.9. The average molecular weight is 436 g/mol. The third-order valence-corrected chi connectivity index (χ3v) is 3.84. The van der Waals surface area contributed by atoms with Crippen LogP contribution >= 0.6 is 31.9 Å². The lowest BCUT2D eigenvalue weighted by Crippen LogP contribution is -2.41. The molecule has 0 aliphatic rings. The van der Waals surface area contributed by atoms with Crippen molar-refractivity contribution in [3.05, 3.63) is 29.8 Å². The molecule has 1 amide bonds. The van der Waals surface area contributed by atoms with Crippen LogP contribution in [0.25, 0.3) is 0 Å². The standard InChI is InChI=1S/C15H20Br2N2O3/c1-11(20)18-14(15(21)22)10-12-2-4-13(5-3-12)19(8-6-16)9-7-17/h2-5,14H,6-10H2,1H3,(H,18,20)(H,21,22). The Balaban J connectivity index is 2.78. The Morgan fingerprint density at radius 1 is 1.18 bits per heavy atom. The molecule has 0 saturated carbocycles. The van der Waals surface area contributed by atoms with Gasteiger partial charge >= 0.3 is 5.97 Å². The van der Waals surface area contributed by atoms with E-state index in [1.165, 1.54) is 6.92 Å². The minimum Gasteiger partial charge on any atom is -0.480 e. The summed E-state index contributed by atoms with van der Waals surface area (Å²) < 4.78 is 0. The van der Waals surface area contributed by atoms with Gasteiger partial charge < -0.3 is 15.3 Å². The number of benzene rings is 1. The predicted molar refractivity (Wildman–Crippen MR) is 95.2 cm³/mol. The molecule has 0 aliphatic heterocycles. The van der Waals surface area contributed by atoms with Gasteiger partial charge in [0.15, 0.2) is 0 Å². The number of halogens is 2. The molecule has 5 nitrogen and oxygen atoms in total. The van der Waals surface area contributed by atoms with E-state index in [0.29, 0.717) is 0 Å². The molecule has 0 spiro atoms. The van der Waals surface area contributed by atoms with Crippen LogP contribution in [-0.4, -0.2) is 46.8 Å². The quantitative estimate of drug-likeness (QED) is 0.584. The van der Waals surface area contributed by atoms with E-state index in [1.54, 1.807) is 0 Å². The Labute approximate surface area is 147 Å². The minimum atomic E-state index is -1.03. The summed E-state index contributed by atoms with van der Waals surface area (Å²) in [4.78, 5) is 24.4. The summed E-state index contributed by atoms with van der Waals surface area (Å²) in [6, 6.07) is 6.87. The van der Waals surface area contributed by atoms with Crippen molar-refractivity contribution in [2.45, 2.75) is 19.4 Å². The number of carboxylic acid groups (broad SMARTS) is 1. The highest BCUT2D eigenvalue weighted by molar-refractivity contribution is 9.09. The van der Waals surface area contributed by atoms with Gasteiger partial charge in [-0.25, -0.2) is 4.79 Å². The molecule has 0 heterocycles. The lowest BCUT2D eigenvalue weighted by Gasteiger charge is -2.23. The molecule has 1 unspecified atom stereocenters. The van der Waals surface area contributed by atoms with Crippen LogP contribution in [0.1, 0.15) is 12.5 Å². The second kappa shape index (κ2) is 9.84. The number of alkyl halides is 2. The smallest absolute Gasteiger partial charge is 0.326 e. The zero-order valence-corrected chi connectivity index (χ0v) is 15.6. The Bertz CT molecular complexity index is 488. The van der Waals surface area contributed by atoms with Crippen LogP contribution in [-0.2, 0) is 16.0 Å². The highest BCUT2D eigenvalue weighted by Gasteiger charge is 2.18. The zero-order chi connectivity index (χ0) is 16.5. The summed E-state index contributed by atoms with van der Waals surface area (Å²) in [6.45, 7) is 3.11. The fraction of sp³-hybridized carbons (Fsp3) is 0.467. The summed E-state index contributed by atoms with van der Waals surface area (Å²) in [6.07, 6.45) is 0.270. The molecule has 1 aromatic carbocycles. The Morgan fingerprint density at radius 2 is 1.73 bits per heavy atom.